The number of aromatic nitrogens is 2. The van der Waals surface area contributed by atoms with Crippen LogP contribution >= 0.6 is 0 Å². The minimum atomic E-state index is 0.538. The number of hydrogen-bond acceptors (Lipinski definition) is 3. The van der Waals surface area contributed by atoms with E-state index in [2.05, 4.69) is 11.2 Å². The van der Waals surface area contributed by atoms with Crippen molar-refractivity contribution in [2.45, 2.75) is 6.54 Å². The van der Waals surface area contributed by atoms with Crippen LogP contribution in [0.4, 0.5) is 0 Å². The summed E-state index contributed by atoms with van der Waals surface area (Å²) in [6.45, 7) is 1.24. The Hall–Kier alpha value is -2.28. The summed E-state index contributed by atoms with van der Waals surface area (Å²) in [5.74, 6) is 0.714. The summed E-state index contributed by atoms with van der Waals surface area (Å²) < 4.78 is 7.31. The standard InChI is InChI=1S/C12H11N3O/c13-10-11-3-1-4-12(9-11)16-8-7-15-6-2-5-14-15/h1-6,9H,7-8H2. The first-order chi connectivity index (χ1) is 7.88. The Balaban J connectivity index is 1.88. The van der Waals surface area contributed by atoms with Crippen LogP contribution in [-0.2, 0) is 6.54 Å². The monoisotopic (exact) mass is 213 g/mol. The highest BCUT2D eigenvalue weighted by atomic mass is 16.5. The number of nitriles is 1. The van der Waals surface area contributed by atoms with E-state index in [9.17, 15) is 0 Å². The second kappa shape index (κ2) is 4.99. The van der Waals surface area contributed by atoms with Crippen molar-refractivity contribution >= 4 is 0 Å². The van der Waals surface area contributed by atoms with Gasteiger partial charge in [0.15, 0.2) is 0 Å². The molecule has 0 spiro atoms. The molecule has 4 nitrogen and oxygen atoms in total. The first-order valence-corrected chi connectivity index (χ1v) is 4.99. The second-order valence-corrected chi connectivity index (χ2v) is 3.26. The van der Waals surface area contributed by atoms with Crippen LogP contribution in [0.5, 0.6) is 5.75 Å². The second-order valence-electron chi connectivity index (χ2n) is 3.26. The Bertz CT molecular complexity index is 485. The molecular weight excluding hydrogens is 202 g/mol. The van der Waals surface area contributed by atoms with Crippen LogP contribution < -0.4 is 4.74 Å². The van der Waals surface area contributed by atoms with Crippen molar-refractivity contribution in [1.82, 2.24) is 9.78 Å². The molecule has 1 aromatic carbocycles. The quantitative estimate of drug-likeness (QED) is 0.778. The molecule has 0 aliphatic carbocycles. The minimum Gasteiger partial charge on any atom is -0.492 e. The molecule has 1 aromatic heterocycles. The average molecular weight is 213 g/mol. The van der Waals surface area contributed by atoms with Gasteiger partial charge in [-0.15, -0.1) is 0 Å². The van der Waals surface area contributed by atoms with Crippen LogP contribution in [0.15, 0.2) is 42.7 Å². The molecule has 0 saturated heterocycles. The fraction of sp³-hybridized carbons (Fsp3) is 0.167. The fourth-order valence-electron chi connectivity index (χ4n) is 1.35. The smallest absolute Gasteiger partial charge is 0.120 e. The molecule has 0 saturated carbocycles. The van der Waals surface area contributed by atoms with Crippen molar-refractivity contribution in [2.75, 3.05) is 6.61 Å². The highest BCUT2D eigenvalue weighted by molar-refractivity contribution is 5.36. The fourth-order valence-corrected chi connectivity index (χ4v) is 1.35. The molecule has 1 heterocycles. The molecule has 0 fully saturated rings. The molecule has 16 heavy (non-hydrogen) atoms. The Morgan fingerprint density at radius 3 is 3.06 bits per heavy atom. The number of rotatable bonds is 4. The van der Waals surface area contributed by atoms with Gasteiger partial charge < -0.3 is 4.74 Å². The van der Waals surface area contributed by atoms with Crippen molar-refractivity contribution in [3.8, 4) is 11.8 Å². The lowest BCUT2D eigenvalue weighted by molar-refractivity contribution is 0.291. The number of ether oxygens (including phenoxy) is 1. The van der Waals surface area contributed by atoms with Crippen LogP contribution in [0, 0.1) is 11.3 Å². The Morgan fingerprint density at radius 2 is 2.31 bits per heavy atom. The maximum Gasteiger partial charge on any atom is 0.120 e. The van der Waals surface area contributed by atoms with Gasteiger partial charge in [0.2, 0.25) is 0 Å². The molecule has 0 radical (unpaired) electrons. The summed E-state index contributed by atoms with van der Waals surface area (Å²) in [6, 6.07) is 11.1. The van der Waals surface area contributed by atoms with Gasteiger partial charge in [0.1, 0.15) is 12.4 Å². The van der Waals surface area contributed by atoms with E-state index in [0.717, 1.165) is 0 Å². The average Bonchev–Trinajstić information content (AvgIpc) is 2.82. The third kappa shape index (κ3) is 2.61. The Labute approximate surface area is 93.7 Å². The van der Waals surface area contributed by atoms with Crippen molar-refractivity contribution in [3.63, 3.8) is 0 Å². The molecule has 2 rings (SSSR count). The van der Waals surface area contributed by atoms with Gasteiger partial charge in [0.05, 0.1) is 18.2 Å². The van der Waals surface area contributed by atoms with E-state index in [1.54, 1.807) is 23.0 Å². The predicted molar refractivity (Wildman–Crippen MR) is 58.9 cm³/mol. The minimum absolute atomic E-state index is 0.538. The molecule has 4 heteroatoms. The molecule has 0 atom stereocenters. The van der Waals surface area contributed by atoms with Crippen LogP contribution in [0.2, 0.25) is 0 Å². The van der Waals surface area contributed by atoms with E-state index in [-0.39, 0.29) is 0 Å². The van der Waals surface area contributed by atoms with Gasteiger partial charge in [0.25, 0.3) is 0 Å². The molecule has 0 N–H and O–H groups in total. The van der Waals surface area contributed by atoms with Crippen molar-refractivity contribution in [1.29, 1.82) is 5.26 Å². The first kappa shape index (κ1) is 10.2. The summed E-state index contributed by atoms with van der Waals surface area (Å²) in [4.78, 5) is 0. The van der Waals surface area contributed by atoms with Gasteiger partial charge in [-0.1, -0.05) is 6.07 Å². The van der Waals surface area contributed by atoms with Gasteiger partial charge in [-0.05, 0) is 24.3 Å². The summed E-state index contributed by atoms with van der Waals surface area (Å²) >= 11 is 0. The SMILES string of the molecule is N#Cc1cccc(OCCn2cccn2)c1. The van der Waals surface area contributed by atoms with Crippen molar-refractivity contribution in [3.05, 3.63) is 48.3 Å². The molecule has 0 bridgehead atoms. The first-order valence-electron chi connectivity index (χ1n) is 4.99. The van der Waals surface area contributed by atoms with Gasteiger partial charge in [-0.25, -0.2) is 0 Å². The predicted octanol–water partition coefficient (Wildman–Crippen LogP) is 1.83. The Kier molecular flexibility index (Phi) is 3.19. The molecule has 80 valence electrons. The molecule has 0 aliphatic heterocycles. The molecule has 0 amide bonds. The van der Waals surface area contributed by atoms with Gasteiger partial charge >= 0.3 is 0 Å². The molecule has 0 unspecified atom stereocenters. The third-order valence-corrected chi connectivity index (χ3v) is 2.11. The zero-order valence-corrected chi connectivity index (χ0v) is 8.71. The largest absolute Gasteiger partial charge is 0.492 e. The van der Waals surface area contributed by atoms with Crippen LogP contribution in [0.3, 0.4) is 0 Å². The lowest BCUT2D eigenvalue weighted by Gasteiger charge is -2.06. The number of hydrogen-bond donors (Lipinski definition) is 0. The van der Waals surface area contributed by atoms with E-state index in [1.807, 2.05) is 24.4 Å². The molecule has 2 aromatic rings. The summed E-state index contributed by atoms with van der Waals surface area (Å²) in [6.07, 6.45) is 3.62. The van der Waals surface area contributed by atoms with Crippen molar-refractivity contribution < 1.29 is 4.74 Å². The van der Waals surface area contributed by atoms with Crippen LogP contribution in [-0.4, -0.2) is 16.4 Å². The van der Waals surface area contributed by atoms with E-state index < -0.39 is 0 Å². The molecule has 0 aliphatic rings. The highest BCUT2D eigenvalue weighted by Gasteiger charge is 1.96. The van der Waals surface area contributed by atoms with E-state index >= 15 is 0 Å². The van der Waals surface area contributed by atoms with Crippen molar-refractivity contribution in [2.24, 2.45) is 0 Å². The summed E-state index contributed by atoms with van der Waals surface area (Å²) in [5.41, 5.74) is 0.608. The zero-order valence-electron chi connectivity index (χ0n) is 8.71. The van der Waals surface area contributed by atoms with Gasteiger partial charge in [-0.3, -0.25) is 4.68 Å². The van der Waals surface area contributed by atoms with Gasteiger partial charge in [-0.2, -0.15) is 10.4 Å². The van der Waals surface area contributed by atoms with Crippen LogP contribution in [0.25, 0.3) is 0 Å². The molecular formula is C12H11N3O. The van der Waals surface area contributed by atoms with Crippen LogP contribution in [0.1, 0.15) is 5.56 Å². The topological polar surface area (TPSA) is 50.8 Å². The highest BCUT2D eigenvalue weighted by Crippen LogP contribution is 2.12. The summed E-state index contributed by atoms with van der Waals surface area (Å²) in [5, 5.41) is 12.8. The number of nitrogens with zero attached hydrogens (tertiary/aromatic N) is 3. The summed E-state index contributed by atoms with van der Waals surface area (Å²) in [7, 11) is 0. The maximum absolute atomic E-state index is 8.72. The maximum atomic E-state index is 8.72. The van der Waals surface area contributed by atoms with E-state index in [4.69, 9.17) is 10.00 Å². The van der Waals surface area contributed by atoms with Gasteiger partial charge in [0, 0.05) is 12.4 Å². The third-order valence-electron chi connectivity index (χ3n) is 2.11. The van der Waals surface area contributed by atoms with E-state index in [0.29, 0.717) is 24.5 Å². The number of benzene rings is 1. The normalized spacial score (nSPS) is 9.69. The lowest BCUT2D eigenvalue weighted by Crippen LogP contribution is -2.08. The van der Waals surface area contributed by atoms with E-state index in [1.165, 1.54) is 0 Å². The lowest BCUT2D eigenvalue weighted by atomic mass is 10.2. The zero-order chi connectivity index (χ0) is 11.2. The Morgan fingerprint density at radius 1 is 1.38 bits per heavy atom.